The van der Waals surface area contributed by atoms with E-state index in [1.807, 2.05) is 6.07 Å². The number of nitrogens with one attached hydrogen (secondary N) is 1. The van der Waals surface area contributed by atoms with E-state index in [0.717, 1.165) is 15.5 Å². The van der Waals surface area contributed by atoms with Gasteiger partial charge in [0.1, 0.15) is 0 Å². The molecule has 0 aliphatic heterocycles. The molecule has 0 aliphatic rings. The number of imidazole rings is 1. The van der Waals surface area contributed by atoms with Gasteiger partial charge in [-0.1, -0.05) is 0 Å². The van der Waals surface area contributed by atoms with Crippen molar-refractivity contribution in [2.45, 2.75) is 0 Å². The largest absolute Gasteiger partial charge is 0.328 e. The Morgan fingerprint density at radius 2 is 1.81 bits per heavy atom. The van der Waals surface area contributed by atoms with Crippen LogP contribution in [-0.4, -0.2) is 15.5 Å². The van der Waals surface area contributed by atoms with Gasteiger partial charge in [-0.15, -0.1) is 0 Å². The number of carbonyl (C=O) groups is 1. The SMILES string of the molecule is Cn1c(=O)n(C)c2cc(NC=O)c(Br)cc21. The third kappa shape index (κ3) is 1.46. The second-order valence-electron chi connectivity index (χ2n) is 3.48. The van der Waals surface area contributed by atoms with Crippen molar-refractivity contribution in [3.8, 4) is 0 Å². The van der Waals surface area contributed by atoms with E-state index in [9.17, 15) is 9.59 Å². The second kappa shape index (κ2) is 3.79. The first kappa shape index (κ1) is 10.9. The zero-order valence-electron chi connectivity index (χ0n) is 8.82. The minimum absolute atomic E-state index is 0.0925. The third-order valence-corrected chi connectivity index (χ3v) is 3.23. The van der Waals surface area contributed by atoms with Crippen molar-refractivity contribution in [1.29, 1.82) is 0 Å². The minimum Gasteiger partial charge on any atom is -0.328 e. The summed E-state index contributed by atoms with van der Waals surface area (Å²) in [5, 5.41) is 2.57. The Morgan fingerprint density at radius 1 is 1.25 bits per heavy atom. The average Bonchev–Trinajstić information content (AvgIpc) is 2.46. The number of fused-ring (bicyclic) bond motifs is 1. The van der Waals surface area contributed by atoms with Crippen molar-refractivity contribution in [3.63, 3.8) is 0 Å². The van der Waals surface area contributed by atoms with Gasteiger partial charge < -0.3 is 5.32 Å². The molecule has 1 heterocycles. The van der Waals surface area contributed by atoms with Gasteiger partial charge in [0.15, 0.2) is 0 Å². The molecular formula is C10H10BrN3O2. The third-order valence-electron chi connectivity index (χ3n) is 2.58. The Balaban J connectivity index is 2.84. The number of carbonyl (C=O) groups excluding carboxylic acids is 1. The molecule has 5 nitrogen and oxygen atoms in total. The molecule has 0 spiro atoms. The summed E-state index contributed by atoms with van der Waals surface area (Å²) in [6, 6.07) is 3.57. The number of anilines is 1. The van der Waals surface area contributed by atoms with Crippen molar-refractivity contribution in [2.75, 3.05) is 5.32 Å². The molecule has 0 bridgehead atoms. The van der Waals surface area contributed by atoms with Gasteiger partial charge in [0.25, 0.3) is 0 Å². The molecule has 16 heavy (non-hydrogen) atoms. The fourth-order valence-corrected chi connectivity index (χ4v) is 2.14. The molecule has 0 aliphatic carbocycles. The lowest BCUT2D eigenvalue weighted by Crippen LogP contribution is -2.19. The maximum Gasteiger partial charge on any atom is 0.328 e. The van der Waals surface area contributed by atoms with E-state index < -0.39 is 0 Å². The summed E-state index contributed by atoms with van der Waals surface area (Å²) in [5.74, 6) is 0. The van der Waals surface area contributed by atoms with E-state index in [4.69, 9.17) is 0 Å². The summed E-state index contributed by atoms with van der Waals surface area (Å²) in [4.78, 5) is 22.1. The number of aryl methyl sites for hydroxylation is 2. The number of amides is 1. The number of hydrogen-bond acceptors (Lipinski definition) is 2. The predicted octanol–water partition coefficient (Wildman–Crippen LogP) is 1.21. The minimum atomic E-state index is -0.0925. The van der Waals surface area contributed by atoms with Crippen LogP contribution in [0.15, 0.2) is 21.4 Å². The molecule has 0 fully saturated rings. The fourth-order valence-electron chi connectivity index (χ4n) is 1.69. The average molecular weight is 284 g/mol. The lowest BCUT2D eigenvalue weighted by Gasteiger charge is -2.03. The highest BCUT2D eigenvalue weighted by molar-refractivity contribution is 9.10. The van der Waals surface area contributed by atoms with Gasteiger partial charge in [-0.2, -0.15) is 0 Å². The summed E-state index contributed by atoms with van der Waals surface area (Å²) >= 11 is 3.34. The van der Waals surface area contributed by atoms with E-state index in [0.29, 0.717) is 12.1 Å². The quantitative estimate of drug-likeness (QED) is 0.843. The molecule has 0 unspecified atom stereocenters. The Labute approximate surface area is 99.8 Å². The Hall–Kier alpha value is -1.56. The maximum absolute atomic E-state index is 11.7. The van der Waals surface area contributed by atoms with Gasteiger partial charge in [-0.3, -0.25) is 13.9 Å². The Kier molecular flexibility index (Phi) is 2.59. The molecule has 84 valence electrons. The number of rotatable bonds is 2. The highest BCUT2D eigenvalue weighted by atomic mass is 79.9. The molecule has 0 atom stereocenters. The molecule has 6 heteroatoms. The van der Waals surface area contributed by atoms with Crippen LogP contribution in [-0.2, 0) is 18.9 Å². The fraction of sp³-hybridized carbons (Fsp3) is 0.200. The maximum atomic E-state index is 11.7. The molecule has 1 aromatic carbocycles. The van der Waals surface area contributed by atoms with Gasteiger partial charge in [0, 0.05) is 18.6 Å². The van der Waals surface area contributed by atoms with Gasteiger partial charge in [-0.05, 0) is 28.1 Å². The zero-order chi connectivity index (χ0) is 11.9. The standard InChI is InChI=1S/C10H10BrN3O2/c1-13-8-3-6(11)7(12-5-15)4-9(8)14(2)10(13)16/h3-5H,1-2H3,(H,12,15). The number of nitrogens with zero attached hydrogens (tertiary/aromatic N) is 2. The molecule has 0 saturated heterocycles. The van der Waals surface area contributed by atoms with Crippen LogP contribution in [0.3, 0.4) is 0 Å². The molecule has 1 aromatic heterocycles. The van der Waals surface area contributed by atoms with Crippen molar-refractivity contribution in [2.24, 2.45) is 14.1 Å². The van der Waals surface area contributed by atoms with Crippen LogP contribution in [0.5, 0.6) is 0 Å². The van der Waals surface area contributed by atoms with Crippen LogP contribution >= 0.6 is 15.9 Å². The number of hydrogen-bond donors (Lipinski definition) is 1. The topological polar surface area (TPSA) is 56.0 Å². The van der Waals surface area contributed by atoms with Crippen molar-refractivity contribution in [3.05, 3.63) is 27.1 Å². The van der Waals surface area contributed by atoms with Gasteiger partial charge in [-0.25, -0.2) is 4.79 Å². The number of aromatic nitrogens is 2. The monoisotopic (exact) mass is 283 g/mol. The van der Waals surface area contributed by atoms with Crippen molar-refractivity contribution in [1.82, 2.24) is 9.13 Å². The lowest BCUT2D eigenvalue weighted by atomic mass is 10.2. The predicted molar refractivity (Wildman–Crippen MR) is 65.5 cm³/mol. The first-order valence-corrected chi connectivity index (χ1v) is 5.40. The molecule has 0 saturated carbocycles. The number of halogens is 1. The molecule has 2 rings (SSSR count). The Bertz CT molecular complexity index is 627. The molecule has 1 amide bonds. The van der Waals surface area contributed by atoms with Gasteiger partial charge in [0.05, 0.1) is 16.7 Å². The lowest BCUT2D eigenvalue weighted by molar-refractivity contribution is -0.105. The smallest absolute Gasteiger partial charge is 0.328 e. The number of benzene rings is 1. The highest BCUT2D eigenvalue weighted by Crippen LogP contribution is 2.27. The normalized spacial score (nSPS) is 10.7. The summed E-state index contributed by atoms with van der Waals surface area (Å²) in [7, 11) is 3.41. The van der Waals surface area contributed by atoms with Crippen LogP contribution in [0.2, 0.25) is 0 Å². The van der Waals surface area contributed by atoms with Gasteiger partial charge in [0.2, 0.25) is 6.41 Å². The summed E-state index contributed by atoms with van der Waals surface area (Å²) < 4.78 is 3.84. The molecule has 1 N–H and O–H groups in total. The van der Waals surface area contributed by atoms with E-state index in [2.05, 4.69) is 21.2 Å². The first-order valence-electron chi connectivity index (χ1n) is 4.61. The molecule has 2 aromatic rings. The highest BCUT2D eigenvalue weighted by Gasteiger charge is 2.10. The Morgan fingerprint density at radius 3 is 2.38 bits per heavy atom. The molecule has 0 radical (unpaired) electrons. The van der Waals surface area contributed by atoms with Crippen molar-refractivity contribution >= 4 is 39.1 Å². The van der Waals surface area contributed by atoms with Crippen LogP contribution < -0.4 is 11.0 Å². The molecular weight excluding hydrogens is 274 g/mol. The van der Waals surface area contributed by atoms with Crippen LogP contribution in [0.25, 0.3) is 11.0 Å². The zero-order valence-corrected chi connectivity index (χ0v) is 10.4. The van der Waals surface area contributed by atoms with E-state index in [1.165, 1.54) is 4.57 Å². The second-order valence-corrected chi connectivity index (χ2v) is 4.34. The van der Waals surface area contributed by atoms with Crippen molar-refractivity contribution < 1.29 is 4.79 Å². The van der Waals surface area contributed by atoms with E-state index >= 15 is 0 Å². The van der Waals surface area contributed by atoms with Crippen LogP contribution in [0.1, 0.15) is 0 Å². The summed E-state index contributed by atoms with van der Waals surface area (Å²) in [6.45, 7) is 0. The van der Waals surface area contributed by atoms with E-state index in [1.54, 1.807) is 24.7 Å². The van der Waals surface area contributed by atoms with Gasteiger partial charge >= 0.3 is 5.69 Å². The summed E-state index contributed by atoms with van der Waals surface area (Å²) in [6.07, 6.45) is 0.604. The van der Waals surface area contributed by atoms with E-state index in [-0.39, 0.29) is 5.69 Å². The van der Waals surface area contributed by atoms with Crippen LogP contribution in [0, 0.1) is 0 Å². The summed E-state index contributed by atoms with van der Waals surface area (Å²) in [5.41, 5.74) is 2.14. The first-order chi connectivity index (χ1) is 7.56. The van der Waals surface area contributed by atoms with Crippen LogP contribution in [0.4, 0.5) is 5.69 Å².